The second kappa shape index (κ2) is 4.80. The molecule has 2 aromatic heterocycles. The number of aromatic nitrogens is 2. The van der Waals surface area contributed by atoms with E-state index >= 15 is 0 Å². The van der Waals surface area contributed by atoms with Crippen molar-refractivity contribution < 1.29 is 5.11 Å². The Kier molecular flexibility index (Phi) is 2.86. The van der Waals surface area contributed by atoms with Crippen molar-refractivity contribution >= 4 is 11.0 Å². The molecule has 1 aliphatic heterocycles. The summed E-state index contributed by atoms with van der Waals surface area (Å²) in [6.45, 7) is 1.94. The van der Waals surface area contributed by atoms with Gasteiger partial charge in [0.05, 0.1) is 16.7 Å². The third kappa shape index (κ3) is 1.80. The summed E-state index contributed by atoms with van der Waals surface area (Å²) >= 11 is 0. The van der Waals surface area contributed by atoms with E-state index < -0.39 is 6.23 Å². The predicted molar refractivity (Wildman–Crippen MR) is 85.6 cm³/mol. The minimum atomic E-state index is -0.439. The quantitative estimate of drug-likeness (QED) is 0.925. The summed E-state index contributed by atoms with van der Waals surface area (Å²) in [5.74, 6) is 0.586. The molecule has 4 nitrogen and oxygen atoms in total. The zero-order valence-electron chi connectivity index (χ0n) is 12.9. The monoisotopic (exact) mass is 297 g/mol. The maximum atomic E-state index is 11.1. The van der Waals surface area contributed by atoms with Gasteiger partial charge in [-0.1, -0.05) is 12.8 Å². The lowest BCUT2D eigenvalue weighted by molar-refractivity contribution is -0.0269. The number of aliphatic hydroxyl groups is 1. The van der Waals surface area contributed by atoms with Crippen molar-refractivity contribution in [1.82, 2.24) is 14.5 Å². The summed E-state index contributed by atoms with van der Waals surface area (Å²) in [6.07, 6.45) is 9.07. The molecule has 3 aliphatic rings. The van der Waals surface area contributed by atoms with Crippen LogP contribution in [-0.2, 0) is 6.54 Å². The standard InChI is InChI=1S/C18H23N3O/c22-18-17-15(12-4-1-2-5-12)16-14(6-3-9-19-16)21(17)11-10-20(18)13-7-8-13/h3,6,9,12-13,18,22H,1-2,4-5,7-8,10-11H2. The largest absolute Gasteiger partial charge is 0.372 e. The first-order valence-electron chi connectivity index (χ1n) is 8.75. The van der Waals surface area contributed by atoms with Crippen LogP contribution in [-0.4, -0.2) is 32.1 Å². The lowest BCUT2D eigenvalue weighted by Gasteiger charge is -2.35. The van der Waals surface area contributed by atoms with Gasteiger partial charge in [0.1, 0.15) is 6.23 Å². The lowest BCUT2D eigenvalue weighted by atomic mass is 9.95. The van der Waals surface area contributed by atoms with Crippen LogP contribution in [0.4, 0.5) is 0 Å². The van der Waals surface area contributed by atoms with Gasteiger partial charge < -0.3 is 9.67 Å². The minimum Gasteiger partial charge on any atom is -0.372 e. The molecular formula is C18H23N3O. The molecule has 1 unspecified atom stereocenters. The van der Waals surface area contributed by atoms with Gasteiger partial charge in [-0.15, -0.1) is 0 Å². The summed E-state index contributed by atoms with van der Waals surface area (Å²) in [7, 11) is 0. The van der Waals surface area contributed by atoms with Crippen LogP contribution in [0.5, 0.6) is 0 Å². The third-order valence-electron chi connectivity index (χ3n) is 5.82. The van der Waals surface area contributed by atoms with Crippen molar-refractivity contribution in [3.8, 4) is 0 Å². The summed E-state index contributed by atoms with van der Waals surface area (Å²) in [6, 6.07) is 4.79. The fourth-order valence-electron chi connectivity index (χ4n) is 4.64. The highest BCUT2D eigenvalue weighted by molar-refractivity contribution is 5.82. The molecule has 0 amide bonds. The summed E-state index contributed by atoms with van der Waals surface area (Å²) in [5, 5.41) is 11.1. The van der Waals surface area contributed by atoms with E-state index in [1.54, 1.807) is 0 Å². The number of hydrogen-bond donors (Lipinski definition) is 1. The molecule has 2 aromatic rings. The van der Waals surface area contributed by atoms with Crippen LogP contribution >= 0.6 is 0 Å². The van der Waals surface area contributed by atoms with Gasteiger partial charge in [-0.05, 0) is 43.7 Å². The van der Waals surface area contributed by atoms with Gasteiger partial charge in [-0.3, -0.25) is 9.88 Å². The van der Waals surface area contributed by atoms with Crippen LogP contribution in [0.15, 0.2) is 18.3 Å². The number of aliphatic hydroxyl groups excluding tert-OH is 1. The smallest absolute Gasteiger partial charge is 0.149 e. The maximum absolute atomic E-state index is 11.1. The second-order valence-corrected chi connectivity index (χ2v) is 7.15. The molecule has 0 bridgehead atoms. The van der Waals surface area contributed by atoms with Crippen molar-refractivity contribution in [2.24, 2.45) is 0 Å². The zero-order chi connectivity index (χ0) is 14.7. The van der Waals surface area contributed by atoms with Crippen molar-refractivity contribution in [1.29, 1.82) is 0 Å². The van der Waals surface area contributed by atoms with Crippen molar-refractivity contribution in [3.05, 3.63) is 29.6 Å². The van der Waals surface area contributed by atoms with E-state index in [9.17, 15) is 5.11 Å². The SMILES string of the molecule is OC1c2c(C3CCCC3)c3ncccc3n2CCN1C1CC1. The van der Waals surface area contributed by atoms with Crippen molar-refractivity contribution in [2.45, 2.75) is 63.3 Å². The molecule has 2 saturated carbocycles. The Balaban J connectivity index is 1.72. The molecule has 3 heterocycles. The van der Waals surface area contributed by atoms with E-state index in [0.29, 0.717) is 12.0 Å². The summed E-state index contributed by atoms with van der Waals surface area (Å²) in [5.41, 5.74) is 4.86. The molecule has 0 aromatic carbocycles. The topological polar surface area (TPSA) is 41.3 Å². The number of fused-ring (bicyclic) bond motifs is 3. The van der Waals surface area contributed by atoms with Crippen LogP contribution < -0.4 is 0 Å². The molecular weight excluding hydrogens is 274 g/mol. The maximum Gasteiger partial charge on any atom is 0.149 e. The van der Waals surface area contributed by atoms with Crippen LogP contribution in [0.2, 0.25) is 0 Å². The first-order valence-corrected chi connectivity index (χ1v) is 8.75. The first kappa shape index (κ1) is 13.1. The van der Waals surface area contributed by atoms with Crippen molar-refractivity contribution in [3.63, 3.8) is 0 Å². The molecule has 5 rings (SSSR count). The van der Waals surface area contributed by atoms with E-state index in [4.69, 9.17) is 4.98 Å². The van der Waals surface area contributed by atoms with Gasteiger partial charge in [0.2, 0.25) is 0 Å². The van der Waals surface area contributed by atoms with Crippen LogP contribution in [0, 0.1) is 0 Å². The highest BCUT2D eigenvalue weighted by atomic mass is 16.3. The van der Waals surface area contributed by atoms with Gasteiger partial charge in [-0.25, -0.2) is 0 Å². The molecule has 2 fully saturated rings. The van der Waals surface area contributed by atoms with Gasteiger partial charge in [0, 0.05) is 30.9 Å². The molecule has 0 spiro atoms. The number of hydrogen-bond acceptors (Lipinski definition) is 3. The van der Waals surface area contributed by atoms with E-state index in [0.717, 1.165) is 24.3 Å². The number of pyridine rings is 1. The Morgan fingerprint density at radius 3 is 2.68 bits per heavy atom. The molecule has 1 atom stereocenters. The molecule has 4 heteroatoms. The highest BCUT2D eigenvalue weighted by Gasteiger charge is 2.40. The molecule has 116 valence electrons. The average Bonchev–Trinajstić information content (AvgIpc) is 3.12. The Hall–Kier alpha value is -1.39. The van der Waals surface area contributed by atoms with Crippen molar-refractivity contribution in [2.75, 3.05) is 6.54 Å². The average molecular weight is 297 g/mol. The Bertz CT molecular complexity index is 712. The molecule has 0 radical (unpaired) electrons. The number of rotatable bonds is 2. The van der Waals surface area contributed by atoms with Crippen LogP contribution in [0.25, 0.3) is 11.0 Å². The van der Waals surface area contributed by atoms with Gasteiger partial charge >= 0.3 is 0 Å². The molecule has 22 heavy (non-hydrogen) atoms. The number of nitrogens with zero attached hydrogens (tertiary/aromatic N) is 3. The summed E-state index contributed by atoms with van der Waals surface area (Å²) in [4.78, 5) is 7.01. The van der Waals surface area contributed by atoms with Crippen LogP contribution in [0.1, 0.15) is 61.9 Å². The fraction of sp³-hybridized carbons (Fsp3) is 0.611. The van der Waals surface area contributed by atoms with Gasteiger partial charge in [0.25, 0.3) is 0 Å². The third-order valence-corrected chi connectivity index (χ3v) is 5.82. The zero-order valence-corrected chi connectivity index (χ0v) is 12.9. The second-order valence-electron chi connectivity index (χ2n) is 7.15. The predicted octanol–water partition coefficient (Wildman–Crippen LogP) is 3.16. The minimum absolute atomic E-state index is 0.439. The van der Waals surface area contributed by atoms with Gasteiger partial charge in [-0.2, -0.15) is 0 Å². The molecule has 0 saturated heterocycles. The first-order chi connectivity index (χ1) is 10.8. The summed E-state index contributed by atoms with van der Waals surface area (Å²) < 4.78 is 2.35. The van der Waals surface area contributed by atoms with E-state index in [1.165, 1.54) is 49.6 Å². The van der Waals surface area contributed by atoms with E-state index in [1.807, 2.05) is 12.3 Å². The Morgan fingerprint density at radius 1 is 1.09 bits per heavy atom. The Labute approximate surface area is 130 Å². The lowest BCUT2D eigenvalue weighted by Crippen LogP contribution is -2.39. The van der Waals surface area contributed by atoms with Gasteiger partial charge in [0.15, 0.2) is 0 Å². The van der Waals surface area contributed by atoms with E-state index in [-0.39, 0.29) is 0 Å². The molecule has 2 aliphatic carbocycles. The Morgan fingerprint density at radius 2 is 1.91 bits per heavy atom. The molecule has 1 N–H and O–H groups in total. The highest BCUT2D eigenvalue weighted by Crippen LogP contribution is 2.45. The fourth-order valence-corrected chi connectivity index (χ4v) is 4.64. The normalized spacial score (nSPS) is 26.7. The van der Waals surface area contributed by atoms with Crippen LogP contribution in [0.3, 0.4) is 0 Å². The van der Waals surface area contributed by atoms with E-state index in [2.05, 4.69) is 15.5 Å².